The van der Waals surface area contributed by atoms with Crippen molar-refractivity contribution >= 4 is 17.0 Å². The van der Waals surface area contributed by atoms with Gasteiger partial charge < -0.3 is 10.6 Å². The molecule has 1 heterocycles. The molecule has 0 amide bonds. The van der Waals surface area contributed by atoms with Crippen LogP contribution in [0.25, 0.3) is 10.4 Å². The number of hydrogen-bond acceptors (Lipinski definition) is 3. The van der Waals surface area contributed by atoms with Gasteiger partial charge in [-0.2, -0.15) is 0 Å². The van der Waals surface area contributed by atoms with Crippen molar-refractivity contribution in [3.8, 4) is 10.4 Å². The Morgan fingerprint density at radius 1 is 1.18 bits per heavy atom. The quantitative estimate of drug-likeness (QED) is 0.898. The number of nitrogens with two attached hydrogens (primary N) is 1. The van der Waals surface area contributed by atoms with E-state index in [0.29, 0.717) is 0 Å². The minimum absolute atomic E-state index is 0.116. The molecule has 3 heteroatoms. The number of benzene rings is 1. The summed E-state index contributed by atoms with van der Waals surface area (Å²) in [6, 6.07) is 12.9. The van der Waals surface area contributed by atoms with Crippen LogP contribution in [-0.4, -0.2) is 14.1 Å². The third-order valence-electron chi connectivity index (χ3n) is 2.72. The zero-order chi connectivity index (χ0) is 12.4. The highest BCUT2D eigenvalue weighted by Crippen LogP contribution is 2.32. The second-order valence-corrected chi connectivity index (χ2v) is 5.55. The molecule has 2 aromatic rings. The van der Waals surface area contributed by atoms with E-state index in [4.69, 9.17) is 5.73 Å². The van der Waals surface area contributed by atoms with E-state index in [-0.39, 0.29) is 6.04 Å². The number of hydrogen-bond donors (Lipinski definition) is 1. The molecule has 0 saturated heterocycles. The summed E-state index contributed by atoms with van der Waals surface area (Å²) < 4.78 is 0. The average molecular weight is 246 g/mol. The Hall–Kier alpha value is -1.32. The lowest BCUT2D eigenvalue weighted by Crippen LogP contribution is -2.08. The third kappa shape index (κ3) is 2.68. The Morgan fingerprint density at radius 3 is 2.53 bits per heavy atom. The maximum absolute atomic E-state index is 5.89. The van der Waals surface area contributed by atoms with Crippen molar-refractivity contribution in [1.82, 2.24) is 0 Å². The van der Waals surface area contributed by atoms with Gasteiger partial charge in [-0.15, -0.1) is 11.3 Å². The number of nitrogens with zero attached hydrogens (tertiary/aromatic N) is 1. The van der Waals surface area contributed by atoms with E-state index in [1.165, 1.54) is 21.0 Å². The van der Waals surface area contributed by atoms with Crippen LogP contribution in [0.4, 0.5) is 5.69 Å². The molecule has 0 bridgehead atoms. The third-order valence-corrected chi connectivity index (χ3v) is 4.06. The van der Waals surface area contributed by atoms with Gasteiger partial charge in [0.2, 0.25) is 0 Å². The summed E-state index contributed by atoms with van der Waals surface area (Å²) in [6.45, 7) is 2.02. The van der Waals surface area contributed by atoms with Crippen molar-refractivity contribution in [2.24, 2.45) is 5.73 Å². The van der Waals surface area contributed by atoms with Gasteiger partial charge in [0.05, 0.1) is 0 Å². The van der Waals surface area contributed by atoms with E-state index in [0.717, 1.165) is 0 Å². The zero-order valence-corrected chi connectivity index (χ0v) is 11.3. The molecule has 1 aromatic carbocycles. The standard InChI is InChI=1S/C14H18N2S/c1-10(15)13-7-8-14(17-13)11-5-4-6-12(9-11)16(2)3/h4-10H,15H2,1-3H3. The number of thiophene rings is 1. The Morgan fingerprint density at radius 2 is 1.94 bits per heavy atom. The van der Waals surface area contributed by atoms with Crippen LogP contribution in [0.1, 0.15) is 17.8 Å². The molecule has 0 radical (unpaired) electrons. The van der Waals surface area contributed by atoms with Gasteiger partial charge in [-0.1, -0.05) is 12.1 Å². The van der Waals surface area contributed by atoms with Crippen LogP contribution in [0.15, 0.2) is 36.4 Å². The fourth-order valence-electron chi connectivity index (χ4n) is 1.69. The molecule has 1 unspecified atom stereocenters. The first-order valence-electron chi connectivity index (χ1n) is 5.71. The summed E-state index contributed by atoms with van der Waals surface area (Å²) in [6.07, 6.45) is 0. The van der Waals surface area contributed by atoms with Crippen molar-refractivity contribution in [1.29, 1.82) is 0 Å². The summed E-state index contributed by atoms with van der Waals surface area (Å²) in [4.78, 5) is 4.63. The van der Waals surface area contributed by atoms with Crippen molar-refractivity contribution < 1.29 is 0 Å². The van der Waals surface area contributed by atoms with Gasteiger partial charge in [-0.3, -0.25) is 0 Å². The molecule has 0 spiro atoms. The normalized spacial score (nSPS) is 12.5. The van der Waals surface area contributed by atoms with Gasteiger partial charge in [0.15, 0.2) is 0 Å². The lowest BCUT2D eigenvalue weighted by molar-refractivity contribution is 0.838. The van der Waals surface area contributed by atoms with Crippen LogP contribution in [0.3, 0.4) is 0 Å². The minimum Gasteiger partial charge on any atom is -0.378 e. The molecule has 1 aromatic heterocycles. The first-order valence-corrected chi connectivity index (χ1v) is 6.52. The van der Waals surface area contributed by atoms with E-state index in [9.17, 15) is 0 Å². The first-order chi connectivity index (χ1) is 8.08. The van der Waals surface area contributed by atoms with Crippen molar-refractivity contribution in [3.05, 3.63) is 41.3 Å². The Kier molecular flexibility index (Phi) is 3.50. The largest absolute Gasteiger partial charge is 0.378 e. The highest BCUT2D eigenvalue weighted by molar-refractivity contribution is 7.15. The Balaban J connectivity index is 2.35. The summed E-state index contributed by atoms with van der Waals surface area (Å²) >= 11 is 1.77. The highest BCUT2D eigenvalue weighted by atomic mass is 32.1. The maximum atomic E-state index is 5.89. The van der Waals surface area contributed by atoms with Crippen LogP contribution in [0, 0.1) is 0 Å². The fourth-order valence-corrected chi connectivity index (χ4v) is 2.65. The molecular weight excluding hydrogens is 228 g/mol. The van der Waals surface area contributed by atoms with Gasteiger partial charge in [0.1, 0.15) is 0 Å². The van der Waals surface area contributed by atoms with Gasteiger partial charge in [0, 0.05) is 35.6 Å². The van der Waals surface area contributed by atoms with E-state index in [2.05, 4.69) is 55.4 Å². The highest BCUT2D eigenvalue weighted by Gasteiger charge is 2.06. The smallest absolute Gasteiger partial charge is 0.0367 e. The maximum Gasteiger partial charge on any atom is 0.0367 e. The van der Waals surface area contributed by atoms with E-state index >= 15 is 0 Å². The number of anilines is 1. The molecule has 0 saturated carbocycles. The predicted octanol–water partition coefficient (Wildman–Crippen LogP) is 3.50. The number of rotatable bonds is 3. The van der Waals surface area contributed by atoms with Crippen LogP contribution in [0.2, 0.25) is 0 Å². The Labute approximate surface area is 107 Å². The van der Waals surface area contributed by atoms with Crippen molar-refractivity contribution in [2.75, 3.05) is 19.0 Å². The molecule has 0 aliphatic rings. The van der Waals surface area contributed by atoms with E-state index in [1.807, 2.05) is 6.92 Å². The molecule has 1 atom stereocenters. The first kappa shape index (κ1) is 12.1. The van der Waals surface area contributed by atoms with Crippen molar-refractivity contribution in [3.63, 3.8) is 0 Å². The molecule has 2 rings (SSSR count). The van der Waals surface area contributed by atoms with E-state index in [1.54, 1.807) is 11.3 Å². The SMILES string of the molecule is CC(N)c1ccc(-c2cccc(N(C)C)c2)s1. The topological polar surface area (TPSA) is 29.3 Å². The van der Waals surface area contributed by atoms with Gasteiger partial charge in [-0.25, -0.2) is 0 Å². The summed E-state index contributed by atoms with van der Waals surface area (Å²) in [7, 11) is 4.11. The van der Waals surface area contributed by atoms with Gasteiger partial charge in [0.25, 0.3) is 0 Å². The second-order valence-electron chi connectivity index (χ2n) is 4.44. The molecule has 0 aliphatic carbocycles. The fraction of sp³-hybridized carbons (Fsp3) is 0.286. The van der Waals surface area contributed by atoms with Crippen LogP contribution in [-0.2, 0) is 0 Å². The predicted molar refractivity (Wildman–Crippen MR) is 76.7 cm³/mol. The van der Waals surface area contributed by atoms with Crippen LogP contribution < -0.4 is 10.6 Å². The molecule has 17 heavy (non-hydrogen) atoms. The molecule has 0 aliphatic heterocycles. The molecule has 90 valence electrons. The lowest BCUT2D eigenvalue weighted by Gasteiger charge is -2.13. The monoisotopic (exact) mass is 246 g/mol. The van der Waals surface area contributed by atoms with Crippen LogP contribution in [0.5, 0.6) is 0 Å². The minimum atomic E-state index is 0.116. The molecule has 2 nitrogen and oxygen atoms in total. The zero-order valence-electron chi connectivity index (χ0n) is 10.5. The molecule has 0 fully saturated rings. The van der Waals surface area contributed by atoms with Gasteiger partial charge in [-0.05, 0) is 36.8 Å². The second kappa shape index (κ2) is 4.90. The van der Waals surface area contributed by atoms with E-state index < -0.39 is 0 Å². The summed E-state index contributed by atoms with van der Waals surface area (Å²) in [5.74, 6) is 0. The molecular formula is C14H18N2S. The summed E-state index contributed by atoms with van der Waals surface area (Å²) in [5.41, 5.74) is 8.36. The summed E-state index contributed by atoms with van der Waals surface area (Å²) in [5, 5.41) is 0. The lowest BCUT2D eigenvalue weighted by atomic mass is 10.1. The average Bonchev–Trinajstić information content (AvgIpc) is 2.78. The van der Waals surface area contributed by atoms with Crippen LogP contribution >= 0.6 is 11.3 Å². The van der Waals surface area contributed by atoms with Crippen molar-refractivity contribution in [2.45, 2.75) is 13.0 Å². The Bertz CT molecular complexity index is 500. The molecule has 2 N–H and O–H groups in total. The van der Waals surface area contributed by atoms with Gasteiger partial charge >= 0.3 is 0 Å².